The highest BCUT2D eigenvalue weighted by molar-refractivity contribution is 6.34. The van der Waals surface area contributed by atoms with Gasteiger partial charge in [-0.05, 0) is 49.1 Å². The molecule has 5 nitrogen and oxygen atoms in total. The molecule has 0 radical (unpaired) electrons. The lowest BCUT2D eigenvalue weighted by molar-refractivity contribution is -0.116. The molecule has 3 aromatic rings. The molecule has 1 fully saturated rings. The topological polar surface area (TPSA) is 67.2 Å². The van der Waals surface area contributed by atoms with Gasteiger partial charge >= 0.3 is 0 Å². The van der Waals surface area contributed by atoms with Gasteiger partial charge in [-0.3, -0.25) is 9.48 Å². The van der Waals surface area contributed by atoms with E-state index in [9.17, 15) is 23.1 Å². The molecule has 0 saturated heterocycles. The molecular formula is C25H25ClF3N3O2. The molecule has 0 spiro atoms. The van der Waals surface area contributed by atoms with E-state index in [1.54, 1.807) is 29.1 Å². The monoisotopic (exact) mass is 491 g/mol. The van der Waals surface area contributed by atoms with E-state index in [-0.39, 0.29) is 23.4 Å². The number of nitrogens with one attached hydrogen (secondary N) is 1. The first-order valence-electron chi connectivity index (χ1n) is 11.1. The van der Waals surface area contributed by atoms with Crippen LogP contribution < -0.4 is 5.32 Å². The van der Waals surface area contributed by atoms with E-state index in [4.69, 9.17) is 11.6 Å². The maximum Gasteiger partial charge on any atom is 0.253 e. The molecule has 1 aromatic heterocycles. The maximum atomic E-state index is 13.9. The smallest absolute Gasteiger partial charge is 0.253 e. The van der Waals surface area contributed by atoms with E-state index in [1.807, 2.05) is 19.2 Å². The lowest BCUT2D eigenvalue weighted by Crippen LogP contribution is -2.50. The molecule has 180 valence electrons. The molecule has 34 heavy (non-hydrogen) atoms. The second-order valence-corrected chi connectivity index (χ2v) is 9.06. The Morgan fingerprint density at radius 2 is 1.88 bits per heavy atom. The Hall–Kier alpha value is -2.84. The summed E-state index contributed by atoms with van der Waals surface area (Å²) in [7, 11) is 0. The van der Waals surface area contributed by atoms with Gasteiger partial charge in [0.15, 0.2) is 0 Å². The van der Waals surface area contributed by atoms with Crippen molar-refractivity contribution in [3.8, 4) is 11.1 Å². The predicted molar refractivity (Wildman–Crippen MR) is 123 cm³/mol. The lowest BCUT2D eigenvalue weighted by Gasteiger charge is -2.42. The van der Waals surface area contributed by atoms with Gasteiger partial charge < -0.3 is 10.4 Å². The highest BCUT2D eigenvalue weighted by atomic mass is 35.5. The summed E-state index contributed by atoms with van der Waals surface area (Å²) < 4.78 is 43.5. The fraction of sp³-hybridized carbons (Fsp3) is 0.360. The molecule has 0 bridgehead atoms. The molecule has 1 aliphatic carbocycles. The van der Waals surface area contributed by atoms with E-state index in [0.29, 0.717) is 12.1 Å². The number of rotatable bonds is 6. The number of carbonyl (C=O) groups excluding carboxylic acids is 1. The summed E-state index contributed by atoms with van der Waals surface area (Å²) >= 11 is 5.99. The van der Waals surface area contributed by atoms with Crippen LogP contribution in [0, 0.1) is 5.82 Å². The molecule has 2 aromatic carbocycles. The van der Waals surface area contributed by atoms with Crippen LogP contribution in [-0.2, 0) is 6.54 Å². The Labute approximate surface area is 200 Å². The van der Waals surface area contributed by atoms with Gasteiger partial charge in [-0.15, -0.1) is 0 Å². The molecule has 1 atom stereocenters. The first kappa shape index (κ1) is 24.3. The molecule has 0 aliphatic heterocycles. The van der Waals surface area contributed by atoms with Crippen LogP contribution in [0.25, 0.3) is 11.1 Å². The standard InChI is InChI=1S/C25H25ClF3N3O2/c1-2-32-15-18(14-30-32)16-5-3-6-17(13-16)22(24(34)9-11-25(28,29)12-10-24)31-23(33)19-7-4-8-20(27)21(19)26/h3-8,13-15,22,34H,2,9-12H2,1H3,(H,31,33). The number of aliphatic hydroxyl groups is 1. The molecule has 4 rings (SSSR count). The Morgan fingerprint density at radius 3 is 2.56 bits per heavy atom. The van der Waals surface area contributed by atoms with Crippen molar-refractivity contribution >= 4 is 17.5 Å². The Bertz CT molecular complexity index is 1190. The molecule has 1 saturated carbocycles. The average Bonchev–Trinajstić information content (AvgIpc) is 3.31. The summed E-state index contributed by atoms with van der Waals surface area (Å²) in [5.41, 5.74) is 0.449. The number of amides is 1. The summed E-state index contributed by atoms with van der Waals surface area (Å²) in [5, 5.41) is 18.1. The van der Waals surface area contributed by atoms with Gasteiger partial charge in [-0.25, -0.2) is 13.2 Å². The second-order valence-electron chi connectivity index (χ2n) is 8.68. The molecule has 1 unspecified atom stereocenters. The van der Waals surface area contributed by atoms with Crippen molar-refractivity contribution in [3.63, 3.8) is 0 Å². The fourth-order valence-corrected chi connectivity index (χ4v) is 4.55. The van der Waals surface area contributed by atoms with Crippen LogP contribution in [0.15, 0.2) is 54.9 Å². The van der Waals surface area contributed by atoms with Crippen LogP contribution in [-0.4, -0.2) is 32.3 Å². The van der Waals surface area contributed by atoms with Crippen molar-refractivity contribution in [2.45, 2.75) is 56.7 Å². The minimum Gasteiger partial charge on any atom is -0.387 e. The minimum absolute atomic E-state index is 0.100. The number of hydrogen-bond donors (Lipinski definition) is 2. The molecule has 9 heteroatoms. The summed E-state index contributed by atoms with van der Waals surface area (Å²) in [6, 6.07) is 9.98. The number of aryl methyl sites for hydroxylation is 1. The lowest BCUT2D eigenvalue weighted by atomic mass is 9.75. The van der Waals surface area contributed by atoms with E-state index in [1.165, 1.54) is 12.1 Å². The molecule has 1 heterocycles. The van der Waals surface area contributed by atoms with E-state index in [2.05, 4.69) is 10.4 Å². The van der Waals surface area contributed by atoms with Gasteiger partial charge in [-0.2, -0.15) is 5.10 Å². The quantitative estimate of drug-likeness (QED) is 0.459. The number of benzene rings is 2. The zero-order valence-electron chi connectivity index (χ0n) is 18.6. The fourth-order valence-electron chi connectivity index (χ4n) is 4.34. The van der Waals surface area contributed by atoms with Gasteiger partial charge in [0.05, 0.1) is 28.4 Å². The summed E-state index contributed by atoms with van der Waals surface area (Å²) in [6.45, 7) is 2.66. The highest BCUT2D eigenvalue weighted by Gasteiger charge is 2.47. The molecule has 1 amide bonds. The zero-order valence-corrected chi connectivity index (χ0v) is 19.3. The third-order valence-corrected chi connectivity index (χ3v) is 6.75. The van der Waals surface area contributed by atoms with E-state index < -0.39 is 42.1 Å². The summed E-state index contributed by atoms with van der Waals surface area (Å²) in [4.78, 5) is 13.1. The minimum atomic E-state index is -2.87. The SMILES string of the molecule is CCn1cc(-c2cccc(C(NC(=O)c3cccc(F)c3Cl)C3(O)CCC(F)(F)CC3)c2)cn1. The van der Waals surface area contributed by atoms with E-state index >= 15 is 0 Å². The Morgan fingerprint density at radius 1 is 1.18 bits per heavy atom. The first-order chi connectivity index (χ1) is 16.1. The molecular weight excluding hydrogens is 467 g/mol. The number of aromatic nitrogens is 2. The van der Waals surface area contributed by atoms with Crippen LogP contribution >= 0.6 is 11.6 Å². The van der Waals surface area contributed by atoms with Crippen molar-refractivity contribution in [1.29, 1.82) is 0 Å². The summed E-state index contributed by atoms with van der Waals surface area (Å²) in [5.74, 6) is -4.33. The number of carbonyl (C=O) groups is 1. The summed E-state index contributed by atoms with van der Waals surface area (Å²) in [6.07, 6.45) is 2.16. The van der Waals surface area contributed by atoms with Crippen molar-refractivity contribution in [2.24, 2.45) is 0 Å². The molecule has 1 aliphatic rings. The van der Waals surface area contributed by atoms with Gasteiger partial charge in [0, 0.05) is 31.1 Å². The zero-order chi connectivity index (χ0) is 24.5. The first-order valence-corrected chi connectivity index (χ1v) is 11.5. The van der Waals surface area contributed by atoms with Crippen LogP contribution in [0.4, 0.5) is 13.2 Å². The normalized spacial score (nSPS) is 17.8. The van der Waals surface area contributed by atoms with Crippen molar-refractivity contribution in [2.75, 3.05) is 0 Å². The third-order valence-electron chi connectivity index (χ3n) is 6.37. The average molecular weight is 492 g/mol. The number of nitrogens with zero attached hydrogens (tertiary/aromatic N) is 2. The third kappa shape index (κ3) is 4.98. The van der Waals surface area contributed by atoms with Gasteiger partial charge in [-0.1, -0.05) is 35.9 Å². The second kappa shape index (κ2) is 9.43. The van der Waals surface area contributed by atoms with Crippen molar-refractivity contribution < 1.29 is 23.1 Å². The van der Waals surface area contributed by atoms with Crippen LogP contribution in [0.1, 0.15) is 54.6 Å². The van der Waals surface area contributed by atoms with Crippen molar-refractivity contribution in [1.82, 2.24) is 15.1 Å². The van der Waals surface area contributed by atoms with Crippen LogP contribution in [0.3, 0.4) is 0 Å². The molecule has 2 N–H and O–H groups in total. The number of hydrogen-bond acceptors (Lipinski definition) is 3. The number of halogens is 4. The largest absolute Gasteiger partial charge is 0.387 e. The van der Waals surface area contributed by atoms with Crippen LogP contribution in [0.5, 0.6) is 0 Å². The van der Waals surface area contributed by atoms with Gasteiger partial charge in [0.25, 0.3) is 5.91 Å². The Kier molecular flexibility index (Phi) is 6.73. The van der Waals surface area contributed by atoms with Gasteiger partial charge in [0.2, 0.25) is 5.92 Å². The number of alkyl halides is 2. The van der Waals surface area contributed by atoms with Crippen LogP contribution in [0.2, 0.25) is 5.02 Å². The maximum absolute atomic E-state index is 13.9. The highest BCUT2D eigenvalue weighted by Crippen LogP contribution is 2.45. The Balaban J connectivity index is 1.72. The predicted octanol–water partition coefficient (Wildman–Crippen LogP) is 5.77. The van der Waals surface area contributed by atoms with Crippen molar-refractivity contribution in [3.05, 3.63) is 76.8 Å². The van der Waals surface area contributed by atoms with E-state index in [0.717, 1.165) is 17.2 Å². The van der Waals surface area contributed by atoms with Gasteiger partial charge in [0.1, 0.15) is 5.82 Å².